The van der Waals surface area contributed by atoms with E-state index < -0.39 is 11.4 Å². The van der Waals surface area contributed by atoms with E-state index in [1.54, 1.807) is 19.1 Å². The first kappa shape index (κ1) is 13.3. The van der Waals surface area contributed by atoms with Crippen molar-refractivity contribution in [2.75, 3.05) is 0 Å². The van der Waals surface area contributed by atoms with Crippen LogP contribution in [0.15, 0.2) is 16.6 Å². The first-order valence-electron chi connectivity index (χ1n) is 5.78. The lowest BCUT2D eigenvalue weighted by atomic mass is 9.75. The van der Waals surface area contributed by atoms with Crippen molar-refractivity contribution in [1.29, 1.82) is 0 Å². The fourth-order valence-electron chi connectivity index (χ4n) is 2.31. The highest BCUT2D eigenvalue weighted by molar-refractivity contribution is 9.10. The molecule has 1 nitrogen and oxygen atoms in total. The van der Waals surface area contributed by atoms with Crippen LogP contribution in [-0.4, -0.2) is 5.11 Å². The van der Waals surface area contributed by atoms with Crippen LogP contribution in [0.2, 0.25) is 5.02 Å². The lowest BCUT2D eigenvalue weighted by Crippen LogP contribution is -2.29. The maximum absolute atomic E-state index is 14.0. The standard InChI is InChI=1S/C13H15BrClFO/c1-13(17,7-8-3-2-4-8)9-5-6-10(14)11(15)12(9)16/h5-6,8,17H,2-4,7H2,1H3. The van der Waals surface area contributed by atoms with Gasteiger partial charge in [0.1, 0.15) is 5.82 Å². The van der Waals surface area contributed by atoms with Crippen molar-refractivity contribution in [2.24, 2.45) is 5.92 Å². The first-order chi connectivity index (χ1) is 7.92. The molecular weight excluding hydrogens is 306 g/mol. The zero-order valence-electron chi connectivity index (χ0n) is 9.64. The van der Waals surface area contributed by atoms with Gasteiger partial charge in [-0.15, -0.1) is 0 Å². The predicted molar refractivity (Wildman–Crippen MR) is 70.6 cm³/mol. The molecule has 17 heavy (non-hydrogen) atoms. The molecule has 0 bridgehead atoms. The van der Waals surface area contributed by atoms with Crippen LogP contribution in [0, 0.1) is 11.7 Å². The summed E-state index contributed by atoms with van der Waals surface area (Å²) < 4.78 is 14.5. The summed E-state index contributed by atoms with van der Waals surface area (Å²) in [4.78, 5) is 0. The van der Waals surface area contributed by atoms with E-state index in [0.29, 0.717) is 16.8 Å². The molecule has 4 heteroatoms. The van der Waals surface area contributed by atoms with Crippen LogP contribution in [0.5, 0.6) is 0 Å². The normalized spacial score (nSPS) is 19.8. The lowest BCUT2D eigenvalue weighted by molar-refractivity contribution is 0.0131. The molecule has 0 spiro atoms. The fraction of sp³-hybridized carbons (Fsp3) is 0.538. The number of aliphatic hydroxyl groups is 1. The Labute approximate surface area is 114 Å². The minimum atomic E-state index is -1.14. The Morgan fingerprint density at radius 2 is 2.18 bits per heavy atom. The lowest BCUT2D eigenvalue weighted by Gasteiger charge is -2.34. The van der Waals surface area contributed by atoms with Crippen LogP contribution in [0.3, 0.4) is 0 Å². The van der Waals surface area contributed by atoms with Gasteiger partial charge in [0.15, 0.2) is 0 Å². The summed E-state index contributed by atoms with van der Waals surface area (Å²) in [6.07, 6.45) is 4.07. The second kappa shape index (κ2) is 4.87. The van der Waals surface area contributed by atoms with Crippen molar-refractivity contribution in [1.82, 2.24) is 0 Å². The first-order valence-corrected chi connectivity index (χ1v) is 6.95. The number of hydrogen-bond acceptors (Lipinski definition) is 1. The zero-order valence-corrected chi connectivity index (χ0v) is 12.0. The highest BCUT2D eigenvalue weighted by Crippen LogP contribution is 2.40. The van der Waals surface area contributed by atoms with Crippen molar-refractivity contribution in [3.8, 4) is 0 Å². The smallest absolute Gasteiger partial charge is 0.149 e. The van der Waals surface area contributed by atoms with Gasteiger partial charge < -0.3 is 5.11 Å². The Morgan fingerprint density at radius 1 is 1.53 bits per heavy atom. The molecule has 94 valence electrons. The van der Waals surface area contributed by atoms with Gasteiger partial charge in [-0.3, -0.25) is 0 Å². The van der Waals surface area contributed by atoms with E-state index in [9.17, 15) is 9.50 Å². The maximum Gasteiger partial charge on any atom is 0.149 e. The van der Waals surface area contributed by atoms with E-state index in [-0.39, 0.29) is 10.6 Å². The van der Waals surface area contributed by atoms with E-state index in [2.05, 4.69) is 15.9 Å². The predicted octanol–water partition coefficient (Wildman–Crippen LogP) is 4.64. The van der Waals surface area contributed by atoms with Gasteiger partial charge in [-0.05, 0) is 41.3 Å². The molecule has 0 heterocycles. The van der Waals surface area contributed by atoms with Crippen LogP contribution >= 0.6 is 27.5 Å². The molecule has 1 aliphatic carbocycles. The third kappa shape index (κ3) is 2.67. The van der Waals surface area contributed by atoms with Gasteiger partial charge in [0.25, 0.3) is 0 Å². The molecule has 0 amide bonds. The van der Waals surface area contributed by atoms with Gasteiger partial charge in [-0.25, -0.2) is 4.39 Å². The number of rotatable bonds is 3. The third-order valence-electron chi connectivity index (χ3n) is 3.53. The summed E-state index contributed by atoms with van der Waals surface area (Å²) in [6, 6.07) is 3.28. The van der Waals surface area contributed by atoms with Gasteiger partial charge in [-0.2, -0.15) is 0 Å². The summed E-state index contributed by atoms with van der Waals surface area (Å²) in [7, 11) is 0. The molecule has 1 aromatic rings. The summed E-state index contributed by atoms with van der Waals surface area (Å²) in [5.74, 6) is -0.0165. The second-order valence-electron chi connectivity index (χ2n) is 5.00. The van der Waals surface area contributed by atoms with E-state index in [4.69, 9.17) is 11.6 Å². The summed E-state index contributed by atoms with van der Waals surface area (Å²) in [5, 5.41) is 10.4. The SMILES string of the molecule is CC(O)(CC1CCC1)c1ccc(Br)c(Cl)c1F. The molecule has 1 saturated carbocycles. The molecular formula is C13H15BrClFO. The average Bonchev–Trinajstić information content (AvgIpc) is 2.20. The number of hydrogen-bond donors (Lipinski definition) is 1. The Kier molecular flexibility index (Phi) is 3.81. The molecule has 1 atom stereocenters. The summed E-state index contributed by atoms with van der Waals surface area (Å²) >= 11 is 9.01. The topological polar surface area (TPSA) is 20.2 Å². The van der Waals surface area contributed by atoms with Crippen LogP contribution < -0.4 is 0 Å². The molecule has 1 aliphatic rings. The van der Waals surface area contributed by atoms with Crippen LogP contribution in [0.1, 0.15) is 38.2 Å². The minimum absolute atomic E-state index is 0.0383. The molecule has 1 unspecified atom stereocenters. The van der Waals surface area contributed by atoms with E-state index in [0.717, 1.165) is 12.8 Å². The fourth-order valence-corrected chi connectivity index (χ4v) is 2.78. The summed E-state index contributed by atoms with van der Waals surface area (Å²) in [6.45, 7) is 1.66. The van der Waals surface area contributed by atoms with E-state index >= 15 is 0 Å². The molecule has 1 aromatic carbocycles. The van der Waals surface area contributed by atoms with Gasteiger partial charge in [-0.1, -0.05) is 36.9 Å². The Balaban J connectivity index is 2.28. The van der Waals surface area contributed by atoms with E-state index in [1.165, 1.54) is 6.42 Å². The molecule has 1 N–H and O–H groups in total. The highest BCUT2D eigenvalue weighted by Gasteiger charge is 2.33. The van der Waals surface area contributed by atoms with Gasteiger partial charge in [0, 0.05) is 10.0 Å². The van der Waals surface area contributed by atoms with Crippen molar-refractivity contribution in [3.63, 3.8) is 0 Å². The zero-order chi connectivity index (χ0) is 12.6. The van der Waals surface area contributed by atoms with Crippen LogP contribution in [-0.2, 0) is 5.60 Å². The monoisotopic (exact) mass is 320 g/mol. The molecule has 1 fully saturated rings. The average molecular weight is 322 g/mol. The van der Waals surface area contributed by atoms with Crippen molar-refractivity contribution >= 4 is 27.5 Å². The van der Waals surface area contributed by atoms with Crippen molar-refractivity contribution < 1.29 is 9.50 Å². The number of benzene rings is 1. The quantitative estimate of drug-likeness (QED) is 0.804. The van der Waals surface area contributed by atoms with Crippen LogP contribution in [0.4, 0.5) is 4.39 Å². The number of halogens is 3. The second-order valence-corrected chi connectivity index (χ2v) is 6.23. The maximum atomic E-state index is 14.0. The Morgan fingerprint density at radius 3 is 2.71 bits per heavy atom. The van der Waals surface area contributed by atoms with Gasteiger partial charge in [0.05, 0.1) is 10.6 Å². The van der Waals surface area contributed by atoms with Crippen molar-refractivity contribution in [2.45, 2.75) is 38.2 Å². The Hall–Kier alpha value is -0.120. The molecule has 0 aromatic heterocycles. The van der Waals surface area contributed by atoms with E-state index in [1.807, 2.05) is 0 Å². The van der Waals surface area contributed by atoms with Crippen LogP contribution in [0.25, 0.3) is 0 Å². The Bertz CT molecular complexity index is 430. The van der Waals surface area contributed by atoms with Crippen molar-refractivity contribution in [3.05, 3.63) is 33.0 Å². The largest absolute Gasteiger partial charge is 0.385 e. The molecule has 0 radical (unpaired) electrons. The molecule has 2 rings (SSSR count). The molecule has 0 saturated heterocycles. The molecule has 0 aliphatic heterocycles. The third-order valence-corrected chi connectivity index (χ3v) is 4.78. The van der Waals surface area contributed by atoms with Gasteiger partial charge in [0.2, 0.25) is 0 Å². The highest BCUT2D eigenvalue weighted by atomic mass is 79.9. The summed E-state index contributed by atoms with van der Waals surface area (Å²) in [5.41, 5.74) is -0.850. The van der Waals surface area contributed by atoms with Gasteiger partial charge >= 0.3 is 0 Å². The minimum Gasteiger partial charge on any atom is -0.385 e.